The van der Waals surface area contributed by atoms with Crippen molar-refractivity contribution in [2.75, 3.05) is 26.2 Å². The molecule has 1 aliphatic heterocycles. The summed E-state index contributed by atoms with van der Waals surface area (Å²) >= 11 is 0. The molecule has 3 amide bonds. The zero-order valence-electron chi connectivity index (χ0n) is 16.2. The first-order chi connectivity index (χ1) is 13.0. The molecule has 0 aromatic carbocycles. The minimum absolute atomic E-state index is 0.00416. The van der Waals surface area contributed by atoms with Crippen molar-refractivity contribution >= 4 is 17.7 Å². The average Bonchev–Trinajstić information content (AvgIpc) is 3.15. The van der Waals surface area contributed by atoms with E-state index in [2.05, 4.69) is 10.4 Å². The Morgan fingerprint density at radius 1 is 1.22 bits per heavy atom. The lowest BCUT2D eigenvalue weighted by Gasteiger charge is -2.40. The molecule has 2 unspecified atom stereocenters. The second-order valence-electron chi connectivity index (χ2n) is 7.31. The van der Waals surface area contributed by atoms with E-state index in [0.717, 1.165) is 25.7 Å². The Labute approximate surface area is 159 Å². The first-order valence-electron chi connectivity index (χ1n) is 9.89. The van der Waals surface area contributed by atoms with Crippen LogP contribution in [0.3, 0.4) is 0 Å². The van der Waals surface area contributed by atoms with E-state index in [1.807, 2.05) is 6.92 Å². The topological polar surface area (TPSA) is 87.5 Å². The number of rotatable bonds is 2. The molecular weight excluding hydrogens is 346 g/mol. The fraction of sp³-hybridized carbons (Fsp3) is 0.684. The molecule has 2 heterocycles. The number of hydrogen-bond donors (Lipinski definition) is 1. The van der Waals surface area contributed by atoms with Gasteiger partial charge in [0, 0.05) is 51.9 Å². The quantitative estimate of drug-likeness (QED) is 0.831. The zero-order chi connectivity index (χ0) is 19.4. The molecule has 8 nitrogen and oxygen atoms in total. The van der Waals surface area contributed by atoms with E-state index in [-0.39, 0.29) is 29.7 Å². The second kappa shape index (κ2) is 8.54. The Bertz CT molecular complexity index is 701. The monoisotopic (exact) mass is 375 g/mol. The number of aromatic nitrogens is 2. The summed E-state index contributed by atoms with van der Waals surface area (Å²) in [5.74, 6) is -0.357. The van der Waals surface area contributed by atoms with Crippen molar-refractivity contribution in [3.8, 4) is 0 Å². The summed E-state index contributed by atoms with van der Waals surface area (Å²) in [6.07, 6.45) is 5.48. The summed E-state index contributed by atoms with van der Waals surface area (Å²) in [4.78, 5) is 41.3. The van der Waals surface area contributed by atoms with Crippen LogP contribution in [0.2, 0.25) is 0 Å². The molecule has 8 heteroatoms. The number of hydrogen-bond acceptors (Lipinski definition) is 4. The number of carbonyl (C=O) groups is 3. The van der Waals surface area contributed by atoms with Crippen LogP contribution >= 0.6 is 0 Å². The molecule has 1 aromatic rings. The van der Waals surface area contributed by atoms with Gasteiger partial charge in [-0.1, -0.05) is 12.8 Å². The highest BCUT2D eigenvalue weighted by atomic mass is 16.2. The van der Waals surface area contributed by atoms with Crippen LogP contribution in [0.15, 0.2) is 12.3 Å². The molecular formula is C19H29N5O3. The van der Waals surface area contributed by atoms with Crippen LogP contribution < -0.4 is 5.32 Å². The van der Waals surface area contributed by atoms with E-state index in [1.54, 1.807) is 33.7 Å². The van der Waals surface area contributed by atoms with Crippen molar-refractivity contribution in [3.05, 3.63) is 18.0 Å². The van der Waals surface area contributed by atoms with Gasteiger partial charge in [0.15, 0.2) is 0 Å². The first-order valence-corrected chi connectivity index (χ1v) is 9.89. The van der Waals surface area contributed by atoms with E-state index >= 15 is 0 Å². The molecule has 1 aromatic heterocycles. The third-order valence-corrected chi connectivity index (χ3v) is 5.63. The molecule has 2 atom stereocenters. The molecule has 1 aliphatic carbocycles. The molecule has 27 heavy (non-hydrogen) atoms. The van der Waals surface area contributed by atoms with Gasteiger partial charge < -0.3 is 15.1 Å². The number of carbonyl (C=O) groups excluding carboxylic acids is 3. The minimum atomic E-state index is -0.166. The molecule has 1 saturated carbocycles. The lowest BCUT2D eigenvalue weighted by molar-refractivity contribution is -0.137. The number of nitrogens with zero attached hydrogens (tertiary/aromatic N) is 4. The van der Waals surface area contributed by atoms with E-state index in [1.165, 1.54) is 0 Å². The Balaban J connectivity index is 1.79. The van der Waals surface area contributed by atoms with Gasteiger partial charge in [-0.25, -0.2) is 0 Å². The number of nitrogens with one attached hydrogen (secondary N) is 1. The van der Waals surface area contributed by atoms with Crippen molar-refractivity contribution in [1.82, 2.24) is 24.9 Å². The summed E-state index contributed by atoms with van der Waals surface area (Å²) in [6.45, 7) is 5.93. The highest BCUT2D eigenvalue weighted by Gasteiger charge is 2.37. The van der Waals surface area contributed by atoms with Crippen molar-refractivity contribution in [2.45, 2.75) is 52.1 Å². The van der Waals surface area contributed by atoms with Gasteiger partial charge in [0.05, 0.1) is 5.92 Å². The van der Waals surface area contributed by atoms with Gasteiger partial charge in [-0.15, -0.1) is 0 Å². The van der Waals surface area contributed by atoms with Gasteiger partial charge in [-0.3, -0.25) is 19.1 Å². The molecule has 0 radical (unpaired) electrons. The number of amides is 3. The maximum Gasteiger partial charge on any atom is 0.274 e. The number of aryl methyl sites for hydroxylation is 1. The second-order valence-corrected chi connectivity index (χ2v) is 7.31. The third kappa shape index (κ3) is 4.31. The Morgan fingerprint density at radius 3 is 2.70 bits per heavy atom. The van der Waals surface area contributed by atoms with Crippen LogP contribution in [-0.2, 0) is 16.1 Å². The lowest BCUT2D eigenvalue weighted by Crippen LogP contribution is -2.55. The Morgan fingerprint density at radius 2 is 2.00 bits per heavy atom. The fourth-order valence-electron chi connectivity index (χ4n) is 4.15. The average molecular weight is 375 g/mol. The minimum Gasteiger partial charge on any atom is -0.354 e. The summed E-state index contributed by atoms with van der Waals surface area (Å²) in [5, 5.41) is 7.26. The van der Waals surface area contributed by atoms with E-state index in [9.17, 15) is 14.4 Å². The summed E-state index contributed by atoms with van der Waals surface area (Å²) in [7, 11) is 0. The molecule has 1 N–H and O–H groups in total. The van der Waals surface area contributed by atoms with E-state index in [0.29, 0.717) is 38.4 Å². The predicted molar refractivity (Wildman–Crippen MR) is 99.9 cm³/mol. The predicted octanol–water partition coefficient (Wildman–Crippen LogP) is 0.882. The maximum atomic E-state index is 12.9. The van der Waals surface area contributed by atoms with E-state index < -0.39 is 0 Å². The first kappa shape index (κ1) is 19.4. The third-order valence-electron chi connectivity index (χ3n) is 5.63. The van der Waals surface area contributed by atoms with Gasteiger partial charge >= 0.3 is 0 Å². The molecule has 148 valence electrons. The summed E-state index contributed by atoms with van der Waals surface area (Å²) in [6, 6.07) is 1.63. The van der Waals surface area contributed by atoms with Gasteiger partial charge in [-0.05, 0) is 25.8 Å². The van der Waals surface area contributed by atoms with Crippen molar-refractivity contribution in [2.24, 2.45) is 5.92 Å². The molecule has 2 fully saturated rings. The SMILES string of the molecule is CCn1ccc(C(=O)N2CCNC(=O)C3CCCCC3N(C(C)=O)CC2)n1. The highest BCUT2D eigenvalue weighted by Crippen LogP contribution is 2.29. The molecule has 2 aliphatic rings. The fourth-order valence-corrected chi connectivity index (χ4v) is 4.15. The van der Waals surface area contributed by atoms with Crippen LogP contribution in [0.5, 0.6) is 0 Å². The van der Waals surface area contributed by atoms with Gasteiger partial charge in [0.1, 0.15) is 5.69 Å². The van der Waals surface area contributed by atoms with Crippen LogP contribution in [0.25, 0.3) is 0 Å². The standard InChI is InChI=1S/C19H29N5O3/c1-3-23-10-8-16(21-23)19(27)22-11-9-20-18(26)15-6-4-5-7-17(15)24(13-12-22)14(2)25/h8,10,15,17H,3-7,9,11-13H2,1-2H3,(H,20,26). The van der Waals surface area contributed by atoms with E-state index in [4.69, 9.17) is 0 Å². The summed E-state index contributed by atoms with van der Waals surface area (Å²) < 4.78 is 1.71. The van der Waals surface area contributed by atoms with Crippen LogP contribution in [0.1, 0.15) is 50.0 Å². The molecule has 3 rings (SSSR count). The largest absolute Gasteiger partial charge is 0.354 e. The Hall–Kier alpha value is -2.38. The summed E-state index contributed by atoms with van der Waals surface area (Å²) in [5.41, 5.74) is 0.394. The lowest BCUT2D eigenvalue weighted by atomic mass is 9.82. The Kier molecular flexibility index (Phi) is 6.13. The molecule has 0 spiro atoms. The molecule has 0 bridgehead atoms. The zero-order valence-corrected chi connectivity index (χ0v) is 16.2. The van der Waals surface area contributed by atoms with Crippen LogP contribution in [0, 0.1) is 5.92 Å². The highest BCUT2D eigenvalue weighted by molar-refractivity contribution is 5.92. The normalized spacial score (nSPS) is 24.1. The maximum absolute atomic E-state index is 12.9. The van der Waals surface area contributed by atoms with Crippen molar-refractivity contribution < 1.29 is 14.4 Å². The van der Waals surface area contributed by atoms with Crippen molar-refractivity contribution in [1.29, 1.82) is 0 Å². The smallest absolute Gasteiger partial charge is 0.274 e. The van der Waals surface area contributed by atoms with Crippen molar-refractivity contribution in [3.63, 3.8) is 0 Å². The van der Waals surface area contributed by atoms with Crippen LogP contribution in [0.4, 0.5) is 0 Å². The van der Waals surface area contributed by atoms with Gasteiger partial charge in [0.2, 0.25) is 11.8 Å². The van der Waals surface area contributed by atoms with Crippen LogP contribution in [-0.4, -0.2) is 69.5 Å². The number of fused-ring (bicyclic) bond motifs is 1. The molecule has 1 saturated heterocycles. The van der Waals surface area contributed by atoms with Gasteiger partial charge in [0.25, 0.3) is 5.91 Å². The van der Waals surface area contributed by atoms with Gasteiger partial charge in [-0.2, -0.15) is 5.10 Å².